The number of carbonyl (C=O) groups is 1. The van der Waals surface area contributed by atoms with Crippen LogP contribution in [0.4, 0.5) is 0 Å². The third-order valence-electron chi connectivity index (χ3n) is 3.37. The number of aromatic nitrogens is 3. The van der Waals surface area contributed by atoms with Crippen molar-refractivity contribution in [3.63, 3.8) is 0 Å². The molecule has 1 aliphatic heterocycles. The molecule has 22 heavy (non-hydrogen) atoms. The second-order valence-corrected chi connectivity index (χ2v) is 4.82. The van der Waals surface area contributed by atoms with E-state index in [1.165, 1.54) is 12.4 Å². The second-order valence-electron chi connectivity index (χ2n) is 4.82. The monoisotopic (exact) mass is 295 g/mol. The van der Waals surface area contributed by atoms with Crippen LogP contribution in [-0.4, -0.2) is 45.0 Å². The number of hydrogen-bond donors (Lipinski definition) is 0. The molecule has 0 bridgehead atoms. The molecular formula is C15H13N5O2. The highest BCUT2D eigenvalue weighted by atomic mass is 16.5. The molecule has 1 aliphatic rings. The molecular weight excluding hydrogens is 282 g/mol. The minimum atomic E-state index is -0.198. The third-order valence-corrected chi connectivity index (χ3v) is 3.37. The summed E-state index contributed by atoms with van der Waals surface area (Å²) < 4.78 is 5.70. The highest BCUT2D eigenvalue weighted by molar-refractivity contribution is 5.92. The van der Waals surface area contributed by atoms with Crippen LogP contribution < -0.4 is 4.74 Å². The maximum Gasteiger partial charge on any atom is 0.272 e. The predicted octanol–water partition coefficient (Wildman–Crippen LogP) is 1.04. The van der Waals surface area contributed by atoms with Crippen molar-refractivity contribution in [2.75, 3.05) is 13.1 Å². The first-order chi connectivity index (χ1) is 10.8. The molecule has 1 saturated heterocycles. The van der Waals surface area contributed by atoms with Gasteiger partial charge in [0.15, 0.2) is 0 Å². The van der Waals surface area contributed by atoms with Crippen LogP contribution in [0, 0.1) is 11.3 Å². The van der Waals surface area contributed by atoms with Crippen LogP contribution >= 0.6 is 0 Å². The Kier molecular flexibility index (Phi) is 3.92. The molecule has 1 atom stereocenters. The van der Waals surface area contributed by atoms with Crippen LogP contribution in [0.3, 0.4) is 0 Å². The molecule has 2 aromatic heterocycles. The van der Waals surface area contributed by atoms with Gasteiger partial charge in [0.05, 0.1) is 6.54 Å². The van der Waals surface area contributed by atoms with Gasteiger partial charge in [-0.25, -0.2) is 9.97 Å². The third kappa shape index (κ3) is 2.86. The summed E-state index contributed by atoms with van der Waals surface area (Å²) in [5, 5.41) is 8.98. The Morgan fingerprint density at radius 2 is 2.14 bits per heavy atom. The fourth-order valence-corrected chi connectivity index (χ4v) is 2.31. The molecule has 110 valence electrons. The van der Waals surface area contributed by atoms with E-state index in [1.54, 1.807) is 29.3 Å². The molecule has 1 fully saturated rings. The Morgan fingerprint density at radius 1 is 1.27 bits per heavy atom. The summed E-state index contributed by atoms with van der Waals surface area (Å²) in [5.74, 6) is 0.0912. The summed E-state index contributed by atoms with van der Waals surface area (Å²) in [6, 6.07) is 7.18. The molecule has 1 amide bonds. The van der Waals surface area contributed by atoms with E-state index in [0.29, 0.717) is 25.2 Å². The van der Waals surface area contributed by atoms with Gasteiger partial charge in [0.25, 0.3) is 11.8 Å². The molecule has 0 aliphatic carbocycles. The fraction of sp³-hybridized carbons (Fsp3) is 0.267. The summed E-state index contributed by atoms with van der Waals surface area (Å²) in [5.41, 5.74) is 0.567. The lowest BCUT2D eigenvalue weighted by Gasteiger charge is -2.16. The zero-order valence-corrected chi connectivity index (χ0v) is 11.7. The van der Waals surface area contributed by atoms with Crippen molar-refractivity contribution in [3.05, 3.63) is 48.2 Å². The number of rotatable bonds is 3. The van der Waals surface area contributed by atoms with E-state index < -0.39 is 0 Å². The molecule has 0 aromatic carbocycles. The highest BCUT2D eigenvalue weighted by Gasteiger charge is 2.29. The summed E-state index contributed by atoms with van der Waals surface area (Å²) in [7, 11) is 0. The SMILES string of the molecule is N#Cc1nccnc1O[C@H]1CCN(C(=O)c2ccccn2)C1. The summed E-state index contributed by atoms with van der Waals surface area (Å²) in [4.78, 5) is 26.0. The molecule has 0 unspecified atom stereocenters. The Hall–Kier alpha value is -3.01. The average Bonchev–Trinajstić information content (AvgIpc) is 3.04. The number of likely N-dealkylation sites (tertiary alicyclic amines) is 1. The summed E-state index contributed by atoms with van der Waals surface area (Å²) >= 11 is 0. The molecule has 2 aromatic rings. The lowest BCUT2D eigenvalue weighted by Crippen LogP contribution is -2.31. The van der Waals surface area contributed by atoms with E-state index in [4.69, 9.17) is 10.00 Å². The van der Waals surface area contributed by atoms with Gasteiger partial charge in [0.1, 0.15) is 17.9 Å². The number of amides is 1. The number of nitriles is 1. The van der Waals surface area contributed by atoms with E-state index >= 15 is 0 Å². The molecule has 3 heterocycles. The zero-order valence-electron chi connectivity index (χ0n) is 11.7. The van der Waals surface area contributed by atoms with Crippen molar-refractivity contribution in [1.29, 1.82) is 5.26 Å². The minimum Gasteiger partial charge on any atom is -0.470 e. The molecule has 0 spiro atoms. The van der Waals surface area contributed by atoms with Crippen LogP contribution in [0.15, 0.2) is 36.8 Å². The van der Waals surface area contributed by atoms with Crippen molar-refractivity contribution < 1.29 is 9.53 Å². The molecule has 7 heteroatoms. The number of carbonyl (C=O) groups excluding carboxylic acids is 1. The van der Waals surface area contributed by atoms with Gasteiger partial charge in [-0.15, -0.1) is 0 Å². The Morgan fingerprint density at radius 3 is 2.91 bits per heavy atom. The first kappa shape index (κ1) is 13.9. The Bertz CT molecular complexity index is 713. The molecule has 7 nitrogen and oxygen atoms in total. The second kappa shape index (κ2) is 6.18. The minimum absolute atomic E-state index is 0.119. The standard InChI is InChI=1S/C15H13N5O2/c16-9-13-14(19-7-6-18-13)22-11-4-8-20(10-11)15(21)12-3-1-2-5-17-12/h1-3,5-7,11H,4,8,10H2/t11-/m0/s1. The number of hydrogen-bond acceptors (Lipinski definition) is 6. The fourth-order valence-electron chi connectivity index (χ4n) is 2.31. The molecule has 0 N–H and O–H groups in total. The van der Waals surface area contributed by atoms with E-state index in [1.807, 2.05) is 6.07 Å². The molecule has 0 radical (unpaired) electrons. The van der Waals surface area contributed by atoms with E-state index in [-0.39, 0.29) is 23.6 Å². The predicted molar refractivity (Wildman–Crippen MR) is 75.9 cm³/mol. The van der Waals surface area contributed by atoms with Gasteiger partial charge in [0.2, 0.25) is 5.69 Å². The maximum atomic E-state index is 12.3. The largest absolute Gasteiger partial charge is 0.470 e. The van der Waals surface area contributed by atoms with Gasteiger partial charge >= 0.3 is 0 Å². The maximum absolute atomic E-state index is 12.3. The Balaban J connectivity index is 1.66. The number of ether oxygens (including phenoxy) is 1. The molecule has 3 rings (SSSR count). The van der Waals surface area contributed by atoms with Crippen LogP contribution in [0.2, 0.25) is 0 Å². The summed E-state index contributed by atoms with van der Waals surface area (Å²) in [6.07, 6.45) is 4.99. The molecule has 0 saturated carbocycles. The van der Waals surface area contributed by atoms with Crippen LogP contribution in [-0.2, 0) is 0 Å². The highest BCUT2D eigenvalue weighted by Crippen LogP contribution is 2.19. The lowest BCUT2D eigenvalue weighted by atomic mass is 10.3. The van der Waals surface area contributed by atoms with Crippen LogP contribution in [0.25, 0.3) is 0 Å². The van der Waals surface area contributed by atoms with Gasteiger partial charge in [-0.1, -0.05) is 6.07 Å². The topological polar surface area (TPSA) is 92.0 Å². The number of nitrogens with zero attached hydrogens (tertiary/aromatic N) is 5. The Labute approximate surface area is 127 Å². The first-order valence-corrected chi connectivity index (χ1v) is 6.86. The van der Waals surface area contributed by atoms with Gasteiger partial charge in [-0.2, -0.15) is 5.26 Å². The van der Waals surface area contributed by atoms with Gasteiger partial charge < -0.3 is 9.64 Å². The van der Waals surface area contributed by atoms with Crippen molar-refractivity contribution >= 4 is 5.91 Å². The van der Waals surface area contributed by atoms with Crippen molar-refractivity contribution in [1.82, 2.24) is 19.9 Å². The van der Waals surface area contributed by atoms with Crippen molar-refractivity contribution in [3.8, 4) is 11.9 Å². The van der Waals surface area contributed by atoms with E-state index in [9.17, 15) is 4.79 Å². The number of pyridine rings is 1. The van der Waals surface area contributed by atoms with Crippen molar-refractivity contribution in [2.24, 2.45) is 0 Å². The zero-order chi connectivity index (χ0) is 15.4. The average molecular weight is 295 g/mol. The quantitative estimate of drug-likeness (QED) is 0.840. The lowest BCUT2D eigenvalue weighted by molar-refractivity contribution is 0.0765. The summed E-state index contributed by atoms with van der Waals surface area (Å²) in [6.45, 7) is 1.03. The van der Waals surface area contributed by atoms with E-state index in [0.717, 1.165) is 0 Å². The van der Waals surface area contributed by atoms with Gasteiger partial charge in [-0.3, -0.25) is 9.78 Å². The van der Waals surface area contributed by atoms with Crippen LogP contribution in [0.1, 0.15) is 22.6 Å². The first-order valence-electron chi connectivity index (χ1n) is 6.86. The normalized spacial score (nSPS) is 17.0. The van der Waals surface area contributed by atoms with Gasteiger partial charge in [0, 0.05) is 31.6 Å². The van der Waals surface area contributed by atoms with Crippen molar-refractivity contribution in [2.45, 2.75) is 12.5 Å². The van der Waals surface area contributed by atoms with Gasteiger partial charge in [-0.05, 0) is 12.1 Å². The van der Waals surface area contributed by atoms with Crippen LogP contribution in [0.5, 0.6) is 5.88 Å². The smallest absolute Gasteiger partial charge is 0.272 e. The van der Waals surface area contributed by atoms with E-state index in [2.05, 4.69) is 15.0 Å².